The normalized spacial score (nSPS) is 14.2. The van der Waals surface area contributed by atoms with E-state index >= 15 is 0 Å². The van der Waals surface area contributed by atoms with Gasteiger partial charge in [0, 0.05) is 6.07 Å². The van der Waals surface area contributed by atoms with Crippen LogP contribution in [0.25, 0.3) is 5.69 Å². The van der Waals surface area contributed by atoms with E-state index < -0.39 is 0 Å². The molecule has 0 spiro atoms. The summed E-state index contributed by atoms with van der Waals surface area (Å²) in [6, 6.07) is 13.7. The van der Waals surface area contributed by atoms with Crippen molar-refractivity contribution in [3.8, 4) is 11.4 Å². The predicted octanol–water partition coefficient (Wildman–Crippen LogP) is 1.97. The molecule has 1 aliphatic heterocycles. The van der Waals surface area contributed by atoms with Gasteiger partial charge in [-0.2, -0.15) is 5.10 Å². The number of benzene rings is 1. The summed E-state index contributed by atoms with van der Waals surface area (Å²) in [7, 11) is 1.64. The number of piperazine rings is 1. The van der Waals surface area contributed by atoms with Crippen molar-refractivity contribution in [3.05, 3.63) is 66.1 Å². The highest BCUT2D eigenvalue weighted by atomic mass is 16.5. The van der Waals surface area contributed by atoms with Crippen LogP contribution in [0.2, 0.25) is 0 Å². The highest BCUT2D eigenvalue weighted by Crippen LogP contribution is 2.20. The topological polar surface area (TPSA) is 64.7 Å². The van der Waals surface area contributed by atoms with E-state index in [0.717, 1.165) is 36.0 Å². The van der Waals surface area contributed by atoms with Gasteiger partial charge >= 0.3 is 0 Å². The van der Waals surface area contributed by atoms with Gasteiger partial charge in [-0.05, 0) is 37.3 Å². The molecule has 28 heavy (non-hydrogen) atoms. The fourth-order valence-electron chi connectivity index (χ4n) is 3.50. The fourth-order valence-corrected chi connectivity index (χ4v) is 3.50. The van der Waals surface area contributed by atoms with Crippen LogP contribution < -0.4 is 14.6 Å². The number of ether oxygens (including phenoxy) is 1. The Kier molecular flexibility index (Phi) is 4.97. The quantitative estimate of drug-likeness (QED) is 0.696. The van der Waals surface area contributed by atoms with Gasteiger partial charge in [0.1, 0.15) is 18.8 Å². The number of nitrogens with zero attached hydrogens (tertiary/aromatic N) is 4. The monoisotopic (exact) mass is 378 g/mol. The standard InChI is InChI=1S/C21H23N5O2/c1-16-19(15-23-26(16)17-6-8-18(28-2)9-7-17)21(27)25-13-11-24(12-14-25)20-5-3-4-10-22-20/h3-10,15H,11-14H2,1-2H3/p+1. The van der Waals surface area contributed by atoms with Gasteiger partial charge in [0.15, 0.2) is 0 Å². The van der Waals surface area contributed by atoms with Crippen molar-refractivity contribution in [2.75, 3.05) is 38.2 Å². The van der Waals surface area contributed by atoms with Crippen molar-refractivity contribution in [1.29, 1.82) is 0 Å². The summed E-state index contributed by atoms with van der Waals surface area (Å²) in [5.41, 5.74) is 2.39. The van der Waals surface area contributed by atoms with E-state index in [0.29, 0.717) is 18.7 Å². The lowest BCUT2D eigenvalue weighted by Gasteiger charge is -2.30. The molecule has 0 saturated carbocycles. The molecule has 1 saturated heterocycles. The van der Waals surface area contributed by atoms with Crippen LogP contribution in [-0.2, 0) is 0 Å². The number of methoxy groups -OCH3 is 1. The molecular formula is C21H24N5O2+. The number of carbonyl (C=O) groups excluding carboxylic acids is 1. The van der Waals surface area contributed by atoms with E-state index in [9.17, 15) is 4.79 Å². The number of pyridine rings is 1. The van der Waals surface area contributed by atoms with Crippen LogP contribution in [0.15, 0.2) is 54.9 Å². The largest absolute Gasteiger partial charge is 0.497 e. The third-order valence-electron chi connectivity index (χ3n) is 5.16. The first-order valence-electron chi connectivity index (χ1n) is 9.37. The Bertz CT molecular complexity index is 945. The number of H-pyrrole nitrogens is 1. The second-order valence-corrected chi connectivity index (χ2v) is 6.78. The molecule has 7 nitrogen and oxygen atoms in total. The van der Waals surface area contributed by atoms with Crippen LogP contribution >= 0.6 is 0 Å². The second kappa shape index (κ2) is 7.72. The van der Waals surface area contributed by atoms with Gasteiger partial charge in [-0.25, -0.2) is 9.67 Å². The van der Waals surface area contributed by atoms with Gasteiger partial charge in [0.05, 0.1) is 49.5 Å². The maximum atomic E-state index is 13.0. The summed E-state index contributed by atoms with van der Waals surface area (Å²) >= 11 is 0. The van der Waals surface area contributed by atoms with Crippen molar-refractivity contribution < 1.29 is 14.5 Å². The molecule has 1 amide bonds. The van der Waals surface area contributed by atoms with Gasteiger partial charge in [-0.1, -0.05) is 6.07 Å². The Morgan fingerprint density at radius 2 is 1.82 bits per heavy atom. The first-order chi connectivity index (χ1) is 13.7. The number of nitrogens with one attached hydrogen (secondary N) is 1. The molecule has 144 valence electrons. The van der Waals surface area contributed by atoms with E-state index in [-0.39, 0.29) is 5.91 Å². The first kappa shape index (κ1) is 18.0. The van der Waals surface area contributed by atoms with E-state index in [2.05, 4.69) is 21.0 Å². The van der Waals surface area contributed by atoms with Crippen molar-refractivity contribution in [2.45, 2.75) is 6.92 Å². The minimum absolute atomic E-state index is 0.0361. The van der Waals surface area contributed by atoms with Gasteiger partial charge in [0.2, 0.25) is 0 Å². The SMILES string of the molecule is COc1ccc(-n2ncc(C(=O)N3CCN(c4cccc[nH+]4)CC3)c2C)cc1. The number of anilines is 1. The minimum Gasteiger partial charge on any atom is -0.497 e. The average Bonchev–Trinajstić information content (AvgIpc) is 3.15. The zero-order valence-electron chi connectivity index (χ0n) is 16.1. The van der Waals surface area contributed by atoms with Crippen LogP contribution in [-0.4, -0.2) is 53.9 Å². The maximum absolute atomic E-state index is 13.0. The van der Waals surface area contributed by atoms with E-state index in [1.165, 1.54) is 0 Å². The Hall–Kier alpha value is -3.35. The van der Waals surface area contributed by atoms with Gasteiger partial charge < -0.3 is 9.64 Å². The molecule has 3 heterocycles. The van der Waals surface area contributed by atoms with Crippen molar-refractivity contribution in [2.24, 2.45) is 0 Å². The van der Waals surface area contributed by atoms with Crippen molar-refractivity contribution >= 4 is 11.7 Å². The lowest BCUT2D eigenvalue weighted by Crippen LogP contribution is -2.50. The second-order valence-electron chi connectivity index (χ2n) is 6.78. The van der Waals surface area contributed by atoms with Gasteiger partial charge in [-0.15, -0.1) is 0 Å². The fraction of sp³-hybridized carbons (Fsp3) is 0.286. The van der Waals surface area contributed by atoms with Crippen LogP contribution in [0, 0.1) is 6.92 Å². The average molecular weight is 378 g/mol. The number of aromatic nitrogens is 3. The zero-order chi connectivity index (χ0) is 19.5. The number of hydrogen-bond donors (Lipinski definition) is 0. The molecule has 4 rings (SSSR count). The van der Waals surface area contributed by atoms with Crippen LogP contribution in [0.1, 0.15) is 16.1 Å². The van der Waals surface area contributed by atoms with E-state index in [1.54, 1.807) is 18.0 Å². The number of carbonyl (C=O) groups is 1. The molecule has 0 aliphatic carbocycles. The lowest BCUT2D eigenvalue weighted by atomic mass is 10.2. The maximum Gasteiger partial charge on any atom is 0.274 e. The van der Waals surface area contributed by atoms with Gasteiger partial charge in [-0.3, -0.25) is 9.69 Å². The highest BCUT2D eigenvalue weighted by Gasteiger charge is 2.28. The Morgan fingerprint density at radius 1 is 1.07 bits per heavy atom. The number of hydrogen-bond acceptors (Lipinski definition) is 4. The minimum atomic E-state index is 0.0361. The Labute approximate surface area is 164 Å². The molecule has 1 fully saturated rings. The molecule has 7 heteroatoms. The van der Waals surface area contributed by atoms with E-state index in [4.69, 9.17) is 4.74 Å². The van der Waals surface area contributed by atoms with Crippen molar-refractivity contribution in [3.63, 3.8) is 0 Å². The molecule has 0 radical (unpaired) electrons. The lowest BCUT2D eigenvalue weighted by molar-refractivity contribution is -0.364. The van der Waals surface area contributed by atoms with Crippen LogP contribution in [0.5, 0.6) is 5.75 Å². The Balaban J connectivity index is 1.46. The van der Waals surface area contributed by atoms with Crippen molar-refractivity contribution in [1.82, 2.24) is 14.7 Å². The smallest absolute Gasteiger partial charge is 0.274 e. The Morgan fingerprint density at radius 3 is 2.46 bits per heavy atom. The molecule has 3 aromatic rings. The number of rotatable bonds is 4. The molecular weight excluding hydrogens is 354 g/mol. The molecule has 1 N–H and O–H groups in total. The molecule has 2 aromatic heterocycles. The molecule has 1 aromatic carbocycles. The molecule has 1 aliphatic rings. The predicted molar refractivity (Wildman–Crippen MR) is 106 cm³/mol. The summed E-state index contributed by atoms with van der Waals surface area (Å²) in [4.78, 5) is 20.5. The summed E-state index contributed by atoms with van der Waals surface area (Å²) in [5, 5.41) is 4.43. The van der Waals surface area contributed by atoms with E-state index in [1.807, 2.05) is 54.4 Å². The highest BCUT2D eigenvalue weighted by molar-refractivity contribution is 5.95. The summed E-state index contributed by atoms with van der Waals surface area (Å²) < 4.78 is 7.00. The number of amides is 1. The summed E-state index contributed by atoms with van der Waals surface area (Å²) in [5.74, 6) is 1.91. The first-order valence-corrected chi connectivity index (χ1v) is 9.37. The van der Waals surface area contributed by atoms with Crippen LogP contribution in [0.4, 0.5) is 5.82 Å². The van der Waals surface area contributed by atoms with Gasteiger partial charge in [0.25, 0.3) is 11.7 Å². The van der Waals surface area contributed by atoms with Crippen LogP contribution in [0.3, 0.4) is 0 Å². The zero-order valence-corrected chi connectivity index (χ0v) is 16.1. The third-order valence-corrected chi connectivity index (χ3v) is 5.16. The summed E-state index contributed by atoms with van der Waals surface area (Å²) in [6.07, 6.45) is 3.59. The third kappa shape index (κ3) is 3.43. The number of aromatic amines is 1. The molecule has 0 unspecified atom stereocenters. The molecule has 0 atom stereocenters. The molecule has 0 bridgehead atoms. The summed E-state index contributed by atoms with van der Waals surface area (Å²) in [6.45, 7) is 4.92.